The molecule has 0 amide bonds. The first-order valence-electron chi connectivity index (χ1n) is 4.53. The van der Waals surface area contributed by atoms with Crippen LogP contribution in [0.15, 0.2) is 5.16 Å². The van der Waals surface area contributed by atoms with Gasteiger partial charge in [0.15, 0.2) is 0 Å². The molecule has 2 unspecified atom stereocenters. The summed E-state index contributed by atoms with van der Waals surface area (Å²) in [6, 6.07) is 1.21. The lowest BCUT2D eigenvalue weighted by Gasteiger charge is -2.27. The van der Waals surface area contributed by atoms with Gasteiger partial charge in [0.25, 0.3) is 0 Å². The quantitative estimate of drug-likeness (QED) is 0.228. The first-order chi connectivity index (χ1) is 5.79. The molecule has 0 aliphatic carbocycles. The van der Waals surface area contributed by atoms with E-state index in [0.717, 1.165) is 12.8 Å². The molecule has 0 aromatic heterocycles. The van der Waals surface area contributed by atoms with Gasteiger partial charge in [-0.15, -0.1) is 0 Å². The third-order valence-corrected chi connectivity index (χ3v) is 3.01. The molecule has 4 nitrogen and oxygen atoms in total. The second-order valence-electron chi connectivity index (χ2n) is 3.83. The Kier molecular flexibility index (Phi) is 1.92. The van der Waals surface area contributed by atoms with E-state index in [1.54, 1.807) is 0 Å². The van der Waals surface area contributed by atoms with Gasteiger partial charge in [-0.1, -0.05) is 5.16 Å². The van der Waals surface area contributed by atoms with Gasteiger partial charge in [0.1, 0.15) is 5.84 Å². The van der Waals surface area contributed by atoms with Crippen LogP contribution in [0.5, 0.6) is 0 Å². The molecular weight excluding hydrogens is 154 g/mol. The molecule has 2 heterocycles. The Morgan fingerprint density at radius 2 is 1.92 bits per heavy atom. The Hall–Kier alpha value is -0.770. The van der Waals surface area contributed by atoms with E-state index in [0.29, 0.717) is 23.8 Å². The molecule has 68 valence electrons. The summed E-state index contributed by atoms with van der Waals surface area (Å²) in [7, 11) is 0. The van der Waals surface area contributed by atoms with Crippen molar-refractivity contribution < 1.29 is 5.21 Å². The predicted octanol–water partition coefficient (Wildman–Crippen LogP) is 0.263. The van der Waals surface area contributed by atoms with Gasteiger partial charge in [0, 0.05) is 18.0 Å². The van der Waals surface area contributed by atoms with Gasteiger partial charge in [-0.2, -0.15) is 0 Å². The van der Waals surface area contributed by atoms with Crippen LogP contribution < -0.4 is 11.1 Å². The zero-order valence-corrected chi connectivity index (χ0v) is 7.03. The molecule has 2 aliphatic rings. The fourth-order valence-corrected chi connectivity index (χ4v) is 2.38. The Morgan fingerprint density at radius 1 is 1.33 bits per heavy atom. The standard InChI is InChI=1S/C8H15N3O/c9-8(11-12)5-3-6-1-2-7(4-5)10-6/h5-7,10,12H,1-4H2,(H2,9,11). The average molecular weight is 169 g/mol. The van der Waals surface area contributed by atoms with Crippen molar-refractivity contribution in [3.8, 4) is 0 Å². The normalized spacial score (nSPS) is 41.7. The Bertz CT molecular complexity index is 192. The zero-order valence-electron chi connectivity index (χ0n) is 7.03. The molecule has 2 rings (SSSR count). The molecule has 2 saturated heterocycles. The molecule has 0 radical (unpaired) electrons. The third kappa shape index (κ3) is 1.27. The fraction of sp³-hybridized carbons (Fsp3) is 0.875. The minimum atomic E-state index is 0.300. The van der Waals surface area contributed by atoms with E-state index in [9.17, 15) is 0 Å². The minimum Gasteiger partial charge on any atom is -0.409 e. The van der Waals surface area contributed by atoms with Crippen LogP contribution >= 0.6 is 0 Å². The summed E-state index contributed by atoms with van der Waals surface area (Å²) in [4.78, 5) is 0. The van der Waals surface area contributed by atoms with E-state index in [2.05, 4.69) is 10.5 Å². The highest BCUT2D eigenvalue weighted by molar-refractivity contribution is 5.82. The molecule has 2 bridgehead atoms. The summed E-state index contributed by atoms with van der Waals surface area (Å²) in [5, 5.41) is 15.1. The van der Waals surface area contributed by atoms with Gasteiger partial charge < -0.3 is 16.3 Å². The molecule has 2 fully saturated rings. The lowest BCUT2D eigenvalue weighted by Crippen LogP contribution is -2.42. The van der Waals surface area contributed by atoms with E-state index < -0.39 is 0 Å². The van der Waals surface area contributed by atoms with Crippen LogP contribution in [-0.2, 0) is 0 Å². The molecule has 4 heteroatoms. The largest absolute Gasteiger partial charge is 0.409 e. The number of amidine groups is 1. The maximum Gasteiger partial charge on any atom is 0.142 e. The van der Waals surface area contributed by atoms with Crippen LogP contribution in [0.3, 0.4) is 0 Å². The highest BCUT2D eigenvalue weighted by Crippen LogP contribution is 2.30. The van der Waals surface area contributed by atoms with Crippen molar-refractivity contribution in [1.29, 1.82) is 0 Å². The third-order valence-electron chi connectivity index (χ3n) is 3.01. The van der Waals surface area contributed by atoms with Gasteiger partial charge in [-0.05, 0) is 25.7 Å². The lowest BCUT2D eigenvalue weighted by atomic mass is 9.92. The molecule has 0 aromatic carbocycles. The van der Waals surface area contributed by atoms with E-state index in [1.807, 2.05) is 0 Å². The number of nitrogens with one attached hydrogen (secondary N) is 1. The smallest absolute Gasteiger partial charge is 0.142 e. The van der Waals surface area contributed by atoms with Crippen LogP contribution in [0.25, 0.3) is 0 Å². The predicted molar refractivity (Wildman–Crippen MR) is 46.1 cm³/mol. The molecule has 2 aliphatic heterocycles. The van der Waals surface area contributed by atoms with Crippen molar-refractivity contribution in [1.82, 2.24) is 5.32 Å². The van der Waals surface area contributed by atoms with Crippen LogP contribution in [-0.4, -0.2) is 23.1 Å². The first-order valence-corrected chi connectivity index (χ1v) is 4.53. The van der Waals surface area contributed by atoms with Gasteiger partial charge in [-0.25, -0.2) is 0 Å². The second-order valence-corrected chi connectivity index (χ2v) is 3.83. The molecular formula is C8H15N3O. The Labute approximate surface area is 71.8 Å². The summed E-state index contributed by atoms with van der Waals surface area (Å²) in [5.41, 5.74) is 5.57. The van der Waals surface area contributed by atoms with Gasteiger partial charge in [0.2, 0.25) is 0 Å². The summed E-state index contributed by atoms with van der Waals surface area (Å²) >= 11 is 0. The maximum absolute atomic E-state index is 8.52. The highest BCUT2D eigenvalue weighted by Gasteiger charge is 2.34. The van der Waals surface area contributed by atoms with Crippen molar-refractivity contribution in [2.75, 3.05) is 0 Å². The van der Waals surface area contributed by atoms with Crippen LogP contribution in [0.2, 0.25) is 0 Å². The number of hydrogen-bond acceptors (Lipinski definition) is 3. The number of nitrogens with zero attached hydrogens (tertiary/aromatic N) is 1. The number of piperidine rings is 1. The van der Waals surface area contributed by atoms with E-state index in [-0.39, 0.29) is 0 Å². The van der Waals surface area contributed by atoms with E-state index >= 15 is 0 Å². The fourth-order valence-electron chi connectivity index (χ4n) is 2.38. The van der Waals surface area contributed by atoms with Crippen LogP contribution in [0.4, 0.5) is 0 Å². The summed E-state index contributed by atoms with van der Waals surface area (Å²) in [5.74, 6) is 0.710. The van der Waals surface area contributed by atoms with E-state index in [4.69, 9.17) is 10.9 Å². The molecule has 0 spiro atoms. The molecule has 4 N–H and O–H groups in total. The van der Waals surface area contributed by atoms with Crippen molar-refractivity contribution in [2.45, 2.75) is 37.8 Å². The maximum atomic E-state index is 8.52. The highest BCUT2D eigenvalue weighted by atomic mass is 16.4. The van der Waals surface area contributed by atoms with Gasteiger partial charge >= 0.3 is 0 Å². The minimum absolute atomic E-state index is 0.300. The number of rotatable bonds is 1. The van der Waals surface area contributed by atoms with E-state index in [1.165, 1.54) is 12.8 Å². The summed E-state index contributed by atoms with van der Waals surface area (Å²) in [6.07, 6.45) is 4.57. The number of fused-ring (bicyclic) bond motifs is 2. The average Bonchev–Trinajstić information content (AvgIpc) is 2.44. The number of oxime groups is 1. The van der Waals surface area contributed by atoms with Crippen LogP contribution in [0, 0.1) is 5.92 Å². The summed E-state index contributed by atoms with van der Waals surface area (Å²) in [6.45, 7) is 0. The van der Waals surface area contributed by atoms with Crippen LogP contribution in [0.1, 0.15) is 25.7 Å². The zero-order chi connectivity index (χ0) is 8.55. The monoisotopic (exact) mass is 169 g/mol. The Morgan fingerprint density at radius 3 is 2.42 bits per heavy atom. The Balaban J connectivity index is 2.02. The molecule has 0 aromatic rings. The summed E-state index contributed by atoms with van der Waals surface area (Å²) < 4.78 is 0. The van der Waals surface area contributed by atoms with Gasteiger partial charge in [-0.3, -0.25) is 0 Å². The first kappa shape index (κ1) is 7.86. The SMILES string of the molecule is N/C(=N\O)C1CC2CCC(C1)N2. The van der Waals surface area contributed by atoms with Crippen molar-refractivity contribution in [3.05, 3.63) is 0 Å². The van der Waals surface area contributed by atoms with Crippen molar-refractivity contribution in [3.63, 3.8) is 0 Å². The second kappa shape index (κ2) is 2.94. The van der Waals surface area contributed by atoms with Crippen molar-refractivity contribution >= 4 is 5.84 Å². The van der Waals surface area contributed by atoms with Gasteiger partial charge in [0.05, 0.1) is 0 Å². The number of hydrogen-bond donors (Lipinski definition) is 3. The van der Waals surface area contributed by atoms with Crippen molar-refractivity contribution in [2.24, 2.45) is 16.8 Å². The molecule has 12 heavy (non-hydrogen) atoms. The lowest BCUT2D eigenvalue weighted by molar-refractivity contribution is 0.301. The molecule has 0 saturated carbocycles. The molecule has 2 atom stereocenters. The number of nitrogens with two attached hydrogens (primary N) is 1. The topological polar surface area (TPSA) is 70.6 Å².